The first-order valence-electron chi connectivity index (χ1n) is 10.2. The van der Waals surface area contributed by atoms with Crippen LogP contribution in [0, 0.1) is 0 Å². The van der Waals surface area contributed by atoms with Gasteiger partial charge >= 0.3 is 5.69 Å². The van der Waals surface area contributed by atoms with Gasteiger partial charge in [-0.1, -0.05) is 18.2 Å². The Morgan fingerprint density at radius 2 is 1.67 bits per heavy atom. The van der Waals surface area contributed by atoms with Crippen LogP contribution in [0.1, 0.15) is 6.42 Å². The predicted molar refractivity (Wildman–Crippen MR) is 116 cm³/mol. The van der Waals surface area contributed by atoms with E-state index < -0.39 is 0 Å². The zero-order valence-corrected chi connectivity index (χ0v) is 17.7. The SMILES string of the molecule is CN1CCN(c2nc3c(c(=O)n(C)c(=O)n3C)n2CCCOc2ccccc2)CC1. The summed E-state index contributed by atoms with van der Waals surface area (Å²) in [6, 6.07) is 9.68. The zero-order valence-electron chi connectivity index (χ0n) is 17.7. The standard InChI is InChI=1S/C21H28N6O3/c1-23-11-13-26(14-12-23)20-22-18-17(19(28)25(3)21(29)24(18)2)27(20)10-7-15-30-16-8-5-4-6-9-16/h4-6,8-9H,7,10-15H2,1-3H3. The summed E-state index contributed by atoms with van der Waals surface area (Å²) in [5, 5.41) is 0. The fourth-order valence-corrected chi connectivity index (χ4v) is 3.82. The number of benzene rings is 1. The minimum atomic E-state index is -0.366. The van der Waals surface area contributed by atoms with Crippen LogP contribution < -0.4 is 20.9 Å². The van der Waals surface area contributed by atoms with Crippen molar-refractivity contribution in [3.8, 4) is 5.75 Å². The highest BCUT2D eigenvalue weighted by atomic mass is 16.5. The van der Waals surface area contributed by atoms with Gasteiger partial charge in [-0.05, 0) is 25.6 Å². The summed E-state index contributed by atoms with van der Waals surface area (Å²) in [6.07, 6.45) is 0.715. The van der Waals surface area contributed by atoms with Crippen LogP contribution in [0.5, 0.6) is 5.75 Å². The van der Waals surface area contributed by atoms with Crippen molar-refractivity contribution in [2.45, 2.75) is 13.0 Å². The molecule has 4 rings (SSSR count). The molecule has 0 N–H and O–H groups in total. The van der Waals surface area contributed by atoms with E-state index in [9.17, 15) is 9.59 Å². The number of aromatic nitrogens is 4. The van der Waals surface area contributed by atoms with Crippen molar-refractivity contribution in [2.24, 2.45) is 14.1 Å². The highest BCUT2D eigenvalue weighted by Crippen LogP contribution is 2.21. The molecule has 0 radical (unpaired) electrons. The van der Waals surface area contributed by atoms with E-state index in [2.05, 4.69) is 16.8 Å². The van der Waals surface area contributed by atoms with Crippen LogP contribution in [0.3, 0.4) is 0 Å². The highest BCUT2D eigenvalue weighted by Gasteiger charge is 2.24. The van der Waals surface area contributed by atoms with Gasteiger partial charge in [0, 0.05) is 46.8 Å². The number of nitrogens with zero attached hydrogens (tertiary/aromatic N) is 6. The maximum atomic E-state index is 13.0. The van der Waals surface area contributed by atoms with Gasteiger partial charge < -0.3 is 19.1 Å². The van der Waals surface area contributed by atoms with Crippen LogP contribution in [0.15, 0.2) is 39.9 Å². The molecule has 1 aromatic carbocycles. The Bertz CT molecular complexity index is 1140. The summed E-state index contributed by atoms with van der Waals surface area (Å²) < 4.78 is 10.4. The first-order valence-corrected chi connectivity index (χ1v) is 10.2. The minimum Gasteiger partial charge on any atom is -0.494 e. The van der Waals surface area contributed by atoms with Crippen LogP contribution in [0.25, 0.3) is 11.2 Å². The Balaban J connectivity index is 1.67. The van der Waals surface area contributed by atoms with E-state index in [-0.39, 0.29) is 11.2 Å². The Hall–Kier alpha value is -3.07. The second kappa shape index (κ2) is 8.35. The van der Waals surface area contributed by atoms with E-state index in [1.54, 1.807) is 7.05 Å². The molecule has 3 heterocycles. The summed E-state index contributed by atoms with van der Waals surface area (Å²) in [5.74, 6) is 1.57. The molecular formula is C21H28N6O3. The fourth-order valence-electron chi connectivity index (χ4n) is 3.82. The van der Waals surface area contributed by atoms with E-state index in [0.717, 1.165) is 42.4 Å². The van der Waals surface area contributed by atoms with E-state index >= 15 is 0 Å². The van der Waals surface area contributed by atoms with Crippen molar-refractivity contribution in [3.63, 3.8) is 0 Å². The maximum Gasteiger partial charge on any atom is 0.332 e. The lowest BCUT2D eigenvalue weighted by Crippen LogP contribution is -2.45. The molecule has 0 amide bonds. The number of imidazole rings is 1. The molecule has 3 aromatic rings. The Labute approximate surface area is 174 Å². The van der Waals surface area contributed by atoms with E-state index in [0.29, 0.717) is 30.7 Å². The molecule has 2 aromatic heterocycles. The van der Waals surface area contributed by atoms with Crippen molar-refractivity contribution < 1.29 is 4.74 Å². The van der Waals surface area contributed by atoms with Crippen LogP contribution in [-0.2, 0) is 20.6 Å². The van der Waals surface area contributed by atoms with Gasteiger partial charge in [-0.25, -0.2) is 4.79 Å². The van der Waals surface area contributed by atoms with E-state index in [1.807, 2.05) is 34.9 Å². The lowest BCUT2D eigenvalue weighted by Gasteiger charge is -2.33. The molecule has 0 spiro atoms. The molecule has 1 aliphatic heterocycles. The number of piperazine rings is 1. The number of rotatable bonds is 6. The number of para-hydroxylation sites is 1. The number of hydrogen-bond acceptors (Lipinski definition) is 6. The first kappa shape index (κ1) is 20.2. The second-order valence-electron chi connectivity index (χ2n) is 7.75. The maximum absolute atomic E-state index is 13.0. The second-order valence-corrected chi connectivity index (χ2v) is 7.75. The Morgan fingerprint density at radius 3 is 2.37 bits per heavy atom. The molecule has 9 nitrogen and oxygen atoms in total. The van der Waals surface area contributed by atoms with Gasteiger partial charge in [-0.15, -0.1) is 0 Å². The number of hydrogen-bond donors (Lipinski definition) is 0. The van der Waals surface area contributed by atoms with Gasteiger partial charge in [0.1, 0.15) is 5.75 Å². The van der Waals surface area contributed by atoms with Gasteiger partial charge in [0.2, 0.25) is 5.95 Å². The molecule has 9 heteroatoms. The molecule has 1 aliphatic rings. The number of aryl methyl sites for hydroxylation is 2. The Morgan fingerprint density at radius 1 is 0.967 bits per heavy atom. The van der Waals surface area contributed by atoms with Crippen molar-refractivity contribution in [3.05, 3.63) is 51.2 Å². The van der Waals surface area contributed by atoms with Gasteiger partial charge in [0.15, 0.2) is 11.2 Å². The van der Waals surface area contributed by atoms with E-state index in [1.165, 1.54) is 11.6 Å². The molecule has 0 aliphatic carbocycles. The normalized spacial score (nSPS) is 15.1. The third-order valence-electron chi connectivity index (χ3n) is 5.65. The molecule has 0 atom stereocenters. The summed E-state index contributed by atoms with van der Waals surface area (Å²) in [5.41, 5.74) is 0.216. The first-order chi connectivity index (χ1) is 14.5. The van der Waals surface area contributed by atoms with Crippen molar-refractivity contribution in [2.75, 3.05) is 44.7 Å². The lowest BCUT2D eigenvalue weighted by atomic mass is 10.3. The molecule has 1 fully saturated rings. The smallest absolute Gasteiger partial charge is 0.332 e. The molecule has 0 bridgehead atoms. The largest absolute Gasteiger partial charge is 0.494 e. The molecule has 30 heavy (non-hydrogen) atoms. The molecule has 0 unspecified atom stereocenters. The number of ether oxygens (including phenoxy) is 1. The van der Waals surface area contributed by atoms with Crippen molar-refractivity contribution >= 4 is 17.1 Å². The van der Waals surface area contributed by atoms with Gasteiger partial charge in [0.05, 0.1) is 6.61 Å². The quantitative estimate of drug-likeness (QED) is 0.554. The third-order valence-corrected chi connectivity index (χ3v) is 5.65. The fraction of sp³-hybridized carbons (Fsp3) is 0.476. The van der Waals surface area contributed by atoms with Gasteiger partial charge in [-0.2, -0.15) is 4.98 Å². The average molecular weight is 412 g/mol. The number of fused-ring (bicyclic) bond motifs is 1. The minimum absolute atomic E-state index is 0.315. The summed E-state index contributed by atoms with van der Waals surface area (Å²) >= 11 is 0. The zero-order chi connectivity index (χ0) is 21.3. The van der Waals surface area contributed by atoms with Crippen LogP contribution in [-0.4, -0.2) is 63.4 Å². The van der Waals surface area contributed by atoms with Crippen LogP contribution in [0.2, 0.25) is 0 Å². The molecular weight excluding hydrogens is 384 g/mol. The van der Waals surface area contributed by atoms with Crippen LogP contribution in [0.4, 0.5) is 5.95 Å². The van der Waals surface area contributed by atoms with Gasteiger partial charge in [0.25, 0.3) is 5.56 Å². The van der Waals surface area contributed by atoms with Crippen molar-refractivity contribution in [1.29, 1.82) is 0 Å². The van der Waals surface area contributed by atoms with Crippen LogP contribution >= 0.6 is 0 Å². The van der Waals surface area contributed by atoms with Gasteiger partial charge in [-0.3, -0.25) is 13.9 Å². The predicted octanol–water partition coefficient (Wildman–Crippen LogP) is 0.655. The summed E-state index contributed by atoms with van der Waals surface area (Å²) in [6.45, 7) is 4.62. The average Bonchev–Trinajstić information content (AvgIpc) is 3.14. The molecule has 1 saturated heterocycles. The summed E-state index contributed by atoms with van der Waals surface area (Å²) in [4.78, 5) is 34.6. The van der Waals surface area contributed by atoms with Crippen molar-refractivity contribution in [1.82, 2.24) is 23.6 Å². The van der Waals surface area contributed by atoms with E-state index in [4.69, 9.17) is 9.72 Å². The third kappa shape index (κ3) is 3.72. The topological polar surface area (TPSA) is 77.5 Å². The monoisotopic (exact) mass is 412 g/mol. The Kier molecular flexibility index (Phi) is 5.63. The number of anilines is 1. The summed E-state index contributed by atoms with van der Waals surface area (Å²) in [7, 11) is 5.27. The highest BCUT2D eigenvalue weighted by molar-refractivity contribution is 5.74. The molecule has 160 valence electrons. The lowest BCUT2D eigenvalue weighted by molar-refractivity contribution is 0.299. The molecule has 0 saturated carbocycles. The number of likely N-dealkylation sites (N-methyl/N-ethyl adjacent to an activating group) is 1.